The third-order valence-corrected chi connectivity index (χ3v) is 5.65. The van der Waals surface area contributed by atoms with Gasteiger partial charge in [-0.15, -0.1) is 0 Å². The molecule has 0 spiro atoms. The van der Waals surface area contributed by atoms with E-state index in [2.05, 4.69) is 19.9 Å². The highest BCUT2D eigenvalue weighted by Crippen LogP contribution is 2.45. The fourth-order valence-electron chi connectivity index (χ4n) is 4.06. The number of nitrogens with zero attached hydrogens (tertiary/aromatic N) is 1. The van der Waals surface area contributed by atoms with Crippen molar-refractivity contribution in [3.8, 4) is 5.75 Å². The molecule has 0 bridgehead atoms. The number of carbonyl (C=O) groups excluding carboxylic acids is 2. The minimum absolute atomic E-state index is 0.0721. The van der Waals surface area contributed by atoms with Crippen LogP contribution in [0.15, 0.2) is 30.4 Å². The number of para-hydroxylation sites is 1. The van der Waals surface area contributed by atoms with Crippen LogP contribution in [0.5, 0.6) is 5.75 Å². The topological polar surface area (TPSA) is 55.8 Å². The van der Waals surface area contributed by atoms with E-state index < -0.39 is 5.97 Å². The number of benzene rings is 1. The zero-order chi connectivity index (χ0) is 20.1. The molecule has 1 atom stereocenters. The maximum atomic E-state index is 12.9. The molecule has 5 nitrogen and oxygen atoms in total. The maximum Gasteiger partial charge on any atom is 0.330 e. The summed E-state index contributed by atoms with van der Waals surface area (Å²) in [6.07, 6.45) is 8.56. The number of ether oxygens (including phenoxy) is 2. The Morgan fingerprint density at radius 1 is 1.21 bits per heavy atom. The summed E-state index contributed by atoms with van der Waals surface area (Å²) in [5, 5.41) is 0. The number of carbonyl (C=O) groups is 2. The summed E-state index contributed by atoms with van der Waals surface area (Å²) in [5.74, 6) is 0.889. The average Bonchev–Trinajstić information content (AvgIpc) is 2.71. The third kappa shape index (κ3) is 4.57. The van der Waals surface area contributed by atoms with Gasteiger partial charge in [0.25, 0.3) is 5.91 Å². The molecule has 1 saturated carbocycles. The molecule has 0 radical (unpaired) electrons. The van der Waals surface area contributed by atoms with Gasteiger partial charge in [-0.1, -0.05) is 45.2 Å². The Bertz CT molecular complexity index is 734. The number of esters is 1. The highest BCUT2D eigenvalue weighted by Gasteiger charge is 2.33. The smallest absolute Gasteiger partial charge is 0.330 e. The SMILES string of the molecule is CCOC(=O)/C=C/C(=O)N1CC(C(C)C)Oc2c(C3CCCCC3)cccc21. The van der Waals surface area contributed by atoms with Gasteiger partial charge in [0.2, 0.25) is 0 Å². The number of rotatable bonds is 5. The van der Waals surface area contributed by atoms with Gasteiger partial charge in [0.15, 0.2) is 0 Å². The summed E-state index contributed by atoms with van der Waals surface area (Å²) in [6.45, 7) is 6.72. The second-order valence-electron chi connectivity index (χ2n) is 7.96. The van der Waals surface area contributed by atoms with Crippen molar-refractivity contribution in [1.29, 1.82) is 0 Å². The van der Waals surface area contributed by atoms with Crippen LogP contribution in [-0.2, 0) is 14.3 Å². The van der Waals surface area contributed by atoms with E-state index in [9.17, 15) is 9.59 Å². The predicted octanol–water partition coefficient (Wildman–Crippen LogP) is 4.60. The van der Waals surface area contributed by atoms with Crippen molar-refractivity contribution < 1.29 is 19.1 Å². The van der Waals surface area contributed by atoms with Gasteiger partial charge in [-0.25, -0.2) is 4.79 Å². The quantitative estimate of drug-likeness (QED) is 0.549. The molecule has 1 amide bonds. The van der Waals surface area contributed by atoms with Gasteiger partial charge in [-0.2, -0.15) is 0 Å². The van der Waals surface area contributed by atoms with Crippen LogP contribution in [0.1, 0.15) is 64.4 Å². The number of hydrogen-bond acceptors (Lipinski definition) is 4. The Hall–Kier alpha value is -2.30. The van der Waals surface area contributed by atoms with E-state index in [0.29, 0.717) is 12.5 Å². The van der Waals surface area contributed by atoms with E-state index in [1.54, 1.807) is 11.8 Å². The van der Waals surface area contributed by atoms with E-state index >= 15 is 0 Å². The molecule has 2 aliphatic rings. The van der Waals surface area contributed by atoms with E-state index in [4.69, 9.17) is 9.47 Å². The summed E-state index contributed by atoms with van der Waals surface area (Å²) in [5.41, 5.74) is 2.02. The van der Waals surface area contributed by atoms with Gasteiger partial charge in [0.05, 0.1) is 18.8 Å². The first-order valence-corrected chi connectivity index (χ1v) is 10.5. The molecule has 28 heavy (non-hydrogen) atoms. The number of hydrogen-bond donors (Lipinski definition) is 0. The first kappa shape index (κ1) is 20.4. The van der Waals surface area contributed by atoms with Crippen LogP contribution in [0.3, 0.4) is 0 Å². The Morgan fingerprint density at radius 2 is 1.96 bits per heavy atom. The van der Waals surface area contributed by atoms with Crippen LogP contribution >= 0.6 is 0 Å². The molecule has 1 aliphatic heterocycles. The summed E-state index contributed by atoms with van der Waals surface area (Å²) in [6, 6.07) is 6.10. The Kier molecular flexibility index (Phi) is 6.76. The highest BCUT2D eigenvalue weighted by molar-refractivity contribution is 6.05. The number of anilines is 1. The minimum atomic E-state index is -0.499. The summed E-state index contributed by atoms with van der Waals surface area (Å²) in [4.78, 5) is 26.2. The molecular formula is C23H31NO4. The van der Waals surface area contributed by atoms with Crippen LogP contribution < -0.4 is 9.64 Å². The second kappa shape index (κ2) is 9.26. The molecule has 1 aliphatic carbocycles. The Labute approximate surface area is 167 Å². The van der Waals surface area contributed by atoms with Crippen molar-refractivity contribution in [3.05, 3.63) is 35.9 Å². The van der Waals surface area contributed by atoms with Crippen molar-refractivity contribution in [3.63, 3.8) is 0 Å². The fourth-order valence-corrected chi connectivity index (χ4v) is 4.06. The van der Waals surface area contributed by atoms with Crippen molar-refractivity contribution >= 4 is 17.6 Å². The van der Waals surface area contributed by atoms with E-state index in [1.165, 1.54) is 49.8 Å². The highest BCUT2D eigenvalue weighted by atomic mass is 16.5. The molecule has 1 heterocycles. The van der Waals surface area contributed by atoms with Crippen molar-refractivity contribution in [2.45, 2.75) is 64.9 Å². The molecular weight excluding hydrogens is 354 g/mol. The van der Waals surface area contributed by atoms with E-state index in [1.807, 2.05) is 12.1 Å². The van der Waals surface area contributed by atoms with Gasteiger partial charge >= 0.3 is 5.97 Å². The second-order valence-corrected chi connectivity index (χ2v) is 7.96. The Morgan fingerprint density at radius 3 is 2.64 bits per heavy atom. The summed E-state index contributed by atoms with van der Waals surface area (Å²) >= 11 is 0. The summed E-state index contributed by atoms with van der Waals surface area (Å²) < 4.78 is 11.3. The lowest BCUT2D eigenvalue weighted by atomic mass is 9.83. The van der Waals surface area contributed by atoms with Crippen molar-refractivity contribution in [2.75, 3.05) is 18.1 Å². The molecule has 0 saturated heterocycles. The molecule has 3 rings (SSSR count). The molecule has 1 aromatic rings. The lowest BCUT2D eigenvalue weighted by molar-refractivity contribution is -0.137. The zero-order valence-corrected chi connectivity index (χ0v) is 17.1. The Balaban J connectivity index is 1.92. The lowest BCUT2D eigenvalue weighted by Gasteiger charge is -2.38. The zero-order valence-electron chi connectivity index (χ0n) is 17.1. The third-order valence-electron chi connectivity index (χ3n) is 5.65. The largest absolute Gasteiger partial charge is 0.486 e. The lowest BCUT2D eigenvalue weighted by Crippen LogP contribution is -2.45. The molecule has 1 fully saturated rings. The number of amides is 1. The van der Waals surface area contributed by atoms with Gasteiger partial charge in [-0.3, -0.25) is 4.79 Å². The number of fused-ring (bicyclic) bond motifs is 1. The predicted molar refractivity (Wildman–Crippen MR) is 110 cm³/mol. The van der Waals surface area contributed by atoms with Crippen molar-refractivity contribution in [1.82, 2.24) is 0 Å². The average molecular weight is 386 g/mol. The van der Waals surface area contributed by atoms with Crippen LogP contribution in [0.4, 0.5) is 5.69 Å². The monoisotopic (exact) mass is 385 g/mol. The van der Waals surface area contributed by atoms with Crippen LogP contribution in [0.25, 0.3) is 0 Å². The van der Waals surface area contributed by atoms with Crippen LogP contribution in [0, 0.1) is 5.92 Å². The van der Waals surface area contributed by atoms with Gasteiger partial charge in [0.1, 0.15) is 11.9 Å². The standard InChI is InChI=1S/C23H31NO4/c1-4-27-22(26)14-13-21(25)24-15-20(16(2)3)28-23-18(11-8-12-19(23)24)17-9-6-5-7-10-17/h8,11-14,16-17,20H,4-7,9-10,15H2,1-3H3/b14-13+. The first-order valence-electron chi connectivity index (χ1n) is 10.5. The van der Waals surface area contributed by atoms with Crippen LogP contribution in [-0.4, -0.2) is 31.1 Å². The van der Waals surface area contributed by atoms with E-state index in [-0.39, 0.29) is 24.5 Å². The first-order chi connectivity index (χ1) is 13.5. The minimum Gasteiger partial charge on any atom is -0.486 e. The van der Waals surface area contributed by atoms with Gasteiger partial charge in [-0.05, 0) is 43.2 Å². The van der Waals surface area contributed by atoms with Crippen LogP contribution in [0.2, 0.25) is 0 Å². The fraction of sp³-hybridized carbons (Fsp3) is 0.565. The molecule has 152 valence electrons. The summed E-state index contributed by atoms with van der Waals surface area (Å²) in [7, 11) is 0. The molecule has 0 aromatic heterocycles. The normalized spacial score (nSPS) is 20.1. The van der Waals surface area contributed by atoms with Gasteiger partial charge in [0, 0.05) is 12.2 Å². The molecule has 1 unspecified atom stereocenters. The van der Waals surface area contributed by atoms with Gasteiger partial charge < -0.3 is 14.4 Å². The molecule has 5 heteroatoms. The molecule has 0 N–H and O–H groups in total. The molecule has 1 aromatic carbocycles. The van der Waals surface area contributed by atoms with E-state index in [0.717, 1.165) is 11.4 Å². The maximum absolute atomic E-state index is 12.9. The van der Waals surface area contributed by atoms with Crippen molar-refractivity contribution in [2.24, 2.45) is 5.92 Å².